The van der Waals surface area contributed by atoms with Crippen LogP contribution >= 0.6 is 0 Å². The van der Waals surface area contributed by atoms with Gasteiger partial charge < -0.3 is 15.3 Å². The second kappa shape index (κ2) is 4.49. The van der Waals surface area contributed by atoms with Gasteiger partial charge in [0.2, 0.25) is 5.91 Å². The predicted molar refractivity (Wildman–Crippen MR) is 71.2 cm³/mol. The van der Waals surface area contributed by atoms with Crippen LogP contribution < -0.4 is 5.32 Å². The Hall–Kier alpha value is -0.610. The maximum Gasteiger partial charge on any atom is 0.240 e. The molecule has 2 aliphatic rings. The van der Waals surface area contributed by atoms with E-state index in [2.05, 4.69) is 19.2 Å². The van der Waals surface area contributed by atoms with Crippen LogP contribution in [-0.2, 0) is 4.79 Å². The minimum Gasteiger partial charge on any atom is -0.386 e. The lowest BCUT2D eigenvalue weighted by atomic mass is 9.75. The van der Waals surface area contributed by atoms with Crippen molar-refractivity contribution < 1.29 is 9.90 Å². The number of likely N-dealkylation sites (tertiary alicyclic amines) is 1. The molecule has 2 saturated heterocycles. The van der Waals surface area contributed by atoms with Crippen molar-refractivity contribution in [2.24, 2.45) is 11.3 Å². The summed E-state index contributed by atoms with van der Waals surface area (Å²) >= 11 is 0. The molecule has 0 aromatic heterocycles. The van der Waals surface area contributed by atoms with Crippen molar-refractivity contribution >= 4 is 5.91 Å². The summed E-state index contributed by atoms with van der Waals surface area (Å²) in [4.78, 5) is 14.3. The van der Waals surface area contributed by atoms with Crippen LogP contribution in [0.25, 0.3) is 0 Å². The van der Waals surface area contributed by atoms with Crippen molar-refractivity contribution in [2.45, 2.75) is 52.2 Å². The fourth-order valence-corrected chi connectivity index (χ4v) is 2.95. The highest BCUT2D eigenvalue weighted by Crippen LogP contribution is 2.34. The topological polar surface area (TPSA) is 52.6 Å². The Kier molecular flexibility index (Phi) is 3.45. The summed E-state index contributed by atoms with van der Waals surface area (Å²) in [5.74, 6) is 0.360. The number of β-amino-alcohol motifs (C(OH)–C–C–N with tert-alkyl or cyclic N) is 1. The summed E-state index contributed by atoms with van der Waals surface area (Å²) in [5, 5.41) is 13.6. The molecule has 18 heavy (non-hydrogen) atoms. The van der Waals surface area contributed by atoms with Gasteiger partial charge in [-0.05, 0) is 30.7 Å². The van der Waals surface area contributed by atoms with Gasteiger partial charge in [-0.2, -0.15) is 0 Å². The normalized spacial score (nSPS) is 30.1. The van der Waals surface area contributed by atoms with E-state index in [1.807, 2.05) is 13.8 Å². The van der Waals surface area contributed by atoms with Crippen LogP contribution in [0, 0.1) is 11.3 Å². The third kappa shape index (κ3) is 2.28. The SMILES string of the molecule is CC(C)C1(O)CN(C(=O)C2NCCCC2(C)C)C1. The van der Waals surface area contributed by atoms with Gasteiger partial charge in [0.25, 0.3) is 0 Å². The number of piperidine rings is 1. The highest BCUT2D eigenvalue weighted by atomic mass is 16.3. The van der Waals surface area contributed by atoms with Crippen LogP contribution in [0.15, 0.2) is 0 Å². The second-order valence-corrected chi connectivity index (χ2v) is 6.93. The minimum absolute atomic E-state index is 0.0148. The van der Waals surface area contributed by atoms with E-state index in [1.54, 1.807) is 4.90 Å². The molecule has 0 saturated carbocycles. The molecule has 0 spiro atoms. The molecule has 0 aliphatic carbocycles. The van der Waals surface area contributed by atoms with E-state index in [0.29, 0.717) is 13.1 Å². The molecule has 1 amide bonds. The number of amides is 1. The molecule has 0 radical (unpaired) electrons. The number of rotatable bonds is 2. The largest absolute Gasteiger partial charge is 0.386 e. The Bertz CT molecular complexity index is 333. The Balaban J connectivity index is 1.97. The lowest BCUT2D eigenvalue weighted by molar-refractivity contribution is -0.169. The van der Waals surface area contributed by atoms with Crippen molar-refractivity contribution in [1.29, 1.82) is 0 Å². The number of aliphatic hydroxyl groups is 1. The molecule has 1 unspecified atom stereocenters. The first-order chi connectivity index (χ1) is 8.26. The number of carbonyl (C=O) groups excluding carboxylic acids is 1. The summed E-state index contributed by atoms with van der Waals surface area (Å²) in [5.41, 5.74) is -0.657. The molecule has 2 fully saturated rings. The Morgan fingerprint density at radius 3 is 2.50 bits per heavy atom. The molecule has 2 N–H and O–H groups in total. The second-order valence-electron chi connectivity index (χ2n) is 6.93. The van der Waals surface area contributed by atoms with Gasteiger partial charge in [0.05, 0.1) is 19.1 Å². The lowest BCUT2D eigenvalue weighted by Crippen LogP contribution is -2.70. The molecular weight excluding hydrogens is 228 g/mol. The Morgan fingerprint density at radius 1 is 1.39 bits per heavy atom. The molecule has 2 heterocycles. The maximum absolute atomic E-state index is 12.5. The van der Waals surface area contributed by atoms with Crippen molar-refractivity contribution in [3.63, 3.8) is 0 Å². The Morgan fingerprint density at radius 2 is 2.00 bits per heavy atom. The molecule has 4 heteroatoms. The molecule has 2 aliphatic heterocycles. The van der Waals surface area contributed by atoms with E-state index < -0.39 is 5.60 Å². The summed E-state index contributed by atoms with van der Waals surface area (Å²) in [7, 11) is 0. The van der Waals surface area contributed by atoms with Crippen molar-refractivity contribution in [1.82, 2.24) is 10.2 Å². The zero-order valence-electron chi connectivity index (χ0n) is 12.0. The fraction of sp³-hybridized carbons (Fsp3) is 0.929. The van der Waals surface area contributed by atoms with Gasteiger partial charge in [-0.25, -0.2) is 0 Å². The van der Waals surface area contributed by atoms with Crippen LogP contribution in [0.3, 0.4) is 0 Å². The van der Waals surface area contributed by atoms with Crippen molar-refractivity contribution in [2.75, 3.05) is 19.6 Å². The summed E-state index contributed by atoms with van der Waals surface area (Å²) in [6.45, 7) is 10.2. The van der Waals surface area contributed by atoms with Crippen molar-refractivity contribution in [3.05, 3.63) is 0 Å². The molecule has 0 bridgehead atoms. The number of nitrogens with zero attached hydrogens (tertiary/aromatic N) is 1. The van der Waals surface area contributed by atoms with E-state index >= 15 is 0 Å². The van der Waals surface area contributed by atoms with Crippen LogP contribution in [0.1, 0.15) is 40.5 Å². The quantitative estimate of drug-likeness (QED) is 0.773. The molecule has 0 aromatic rings. The van der Waals surface area contributed by atoms with E-state index in [9.17, 15) is 9.90 Å². The van der Waals surface area contributed by atoms with Gasteiger partial charge in [-0.1, -0.05) is 27.7 Å². The molecule has 2 rings (SSSR count). The van der Waals surface area contributed by atoms with Crippen LogP contribution in [0.4, 0.5) is 0 Å². The molecule has 1 atom stereocenters. The molecule has 0 aromatic carbocycles. The van der Waals surface area contributed by atoms with Gasteiger partial charge in [-0.15, -0.1) is 0 Å². The van der Waals surface area contributed by atoms with E-state index in [-0.39, 0.29) is 23.3 Å². The van der Waals surface area contributed by atoms with E-state index in [4.69, 9.17) is 0 Å². The first kappa shape index (κ1) is 13.8. The minimum atomic E-state index is -0.672. The molecule has 104 valence electrons. The average molecular weight is 254 g/mol. The van der Waals surface area contributed by atoms with Crippen LogP contribution in [-0.4, -0.2) is 47.2 Å². The first-order valence-corrected chi connectivity index (χ1v) is 7.01. The van der Waals surface area contributed by atoms with Crippen LogP contribution in [0.2, 0.25) is 0 Å². The van der Waals surface area contributed by atoms with Gasteiger partial charge in [0, 0.05) is 0 Å². The molecular formula is C14H26N2O2. The monoisotopic (exact) mass is 254 g/mol. The first-order valence-electron chi connectivity index (χ1n) is 7.01. The number of hydrogen-bond donors (Lipinski definition) is 2. The zero-order valence-corrected chi connectivity index (χ0v) is 12.0. The van der Waals surface area contributed by atoms with E-state index in [1.165, 1.54) is 0 Å². The highest BCUT2D eigenvalue weighted by Gasteiger charge is 2.49. The average Bonchev–Trinajstić information content (AvgIpc) is 2.23. The van der Waals surface area contributed by atoms with Crippen molar-refractivity contribution in [3.8, 4) is 0 Å². The third-order valence-corrected chi connectivity index (χ3v) is 4.69. The Labute approximate surface area is 110 Å². The summed E-state index contributed by atoms with van der Waals surface area (Å²) < 4.78 is 0. The predicted octanol–water partition coefficient (Wildman–Crippen LogP) is 0.994. The lowest BCUT2D eigenvalue weighted by Gasteiger charge is -2.51. The molecule has 4 nitrogen and oxygen atoms in total. The maximum atomic E-state index is 12.5. The fourth-order valence-electron chi connectivity index (χ4n) is 2.95. The van der Waals surface area contributed by atoms with Gasteiger partial charge in [0.15, 0.2) is 0 Å². The standard InChI is InChI=1S/C14H26N2O2/c1-10(2)14(18)8-16(9-14)12(17)11-13(3,4)6-5-7-15-11/h10-11,15,18H,5-9H2,1-4H3. The zero-order chi connectivity index (χ0) is 13.6. The van der Waals surface area contributed by atoms with Gasteiger partial charge in [-0.3, -0.25) is 4.79 Å². The summed E-state index contributed by atoms with van der Waals surface area (Å²) in [6, 6.07) is -0.0945. The van der Waals surface area contributed by atoms with Gasteiger partial charge >= 0.3 is 0 Å². The number of hydrogen-bond acceptors (Lipinski definition) is 3. The number of nitrogens with one attached hydrogen (secondary N) is 1. The van der Waals surface area contributed by atoms with Gasteiger partial charge in [0.1, 0.15) is 5.60 Å². The smallest absolute Gasteiger partial charge is 0.240 e. The van der Waals surface area contributed by atoms with E-state index in [0.717, 1.165) is 19.4 Å². The number of carbonyl (C=O) groups is 1. The summed E-state index contributed by atoms with van der Waals surface area (Å²) in [6.07, 6.45) is 2.21. The highest BCUT2D eigenvalue weighted by molar-refractivity contribution is 5.84. The third-order valence-electron chi connectivity index (χ3n) is 4.69. The van der Waals surface area contributed by atoms with Crippen LogP contribution in [0.5, 0.6) is 0 Å².